The van der Waals surface area contributed by atoms with E-state index in [4.69, 9.17) is 10.5 Å². The second kappa shape index (κ2) is 4.28. The third-order valence-electron chi connectivity index (χ3n) is 3.77. The maximum Gasteiger partial charge on any atom is 0.252 e. The Balaban J connectivity index is 1.72. The Bertz CT molecular complexity index is 487. The molecule has 2 aliphatic rings. The molecule has 4 heteroatoms. The molecule has 1 amide bonds. The van der Waals surface area contributed by atoms with Crippen molar-refractivity contribution in [2.75, 3.05) is 5.73 Å². The van der Waals surface area contributed by atoms with Crippen molar-refractivity contribution < 1.29 is 9.53 Å². The van der Waals surface area contributed by atoms with Crippen LogP contribution >= 0.6 is 0 Å². The molecule has 0 aliphatic carbocycles. The molecular formula is C14H18N2O2. The van der Waals surface area contributed by atoms with Gasteiger partial charge in [-0.3, -0.25) is 4.79 Å². The Morgan fingerprint density at radius 3 is 2.83 bits per heavy atom. The topological polar surface area (TPSA) is 55.6 Å². The summed E-state index contributed by atoms with van der Waals surface area (Å²) in [7, 11) is 0. The molecule has 2 aliphatic heterocycles. The SMILES string of the molecule is CC1CCC(C(=O)N2Cc3ccc(N)cc3C2)O1. The minimum atomic E-state index is -0.244. The van der Waals surface area contributed by atoms with Gasteiger partial charge in [0.25, 0.3) is 5.91 Å². The van der Waals surface area contributed by atoms with E-state index in [1.165, 1.54) is 5.56 Å². The fourth-order valence-corrected chi connectivity index (χ4v) is 2.76. The monoisotopic (exact) mass is 246 g/mol. The van der Waals surface area contributed by atoms with Gasteiger partial charge in [0.2, 0.25) is 0 Å². The van der Waals surface area contributed by atoms with Crippen LogP contribution in [0.3, 0.4) is 0 Å². The summed E-state index contributed by atoms with van der Waals surface area (Å²) in [5.41, 5.74) is 8.88. The number of amides is 1. The number of hydrogen-bond acceptors (Lipinski definition) is 3. The summed E-state index contributed by atoms with van der Waals surface area (Å²) >= 11 is 0. The maximum absolute atomic E-state index is 12.3. The summed E-state index contributed by atoms with van der Waals surface area (Å²) in [5, 5.41) is 0. The van der Waals surface area contributed by atoms with Gasteiger partial charge in [0.15, 0.2) is 0 Å². The lowest BCUT2D eigenvalue weighted by molar-refractivity contribution is -0.143. The molecule has 3 rings (SSSR count). The maximum atomic E-state index is 12.3. The van der Waals surface area contributed by atoms with Gasteiger partial charge in [0.05, 0.1) is 6.10 Å². The van der Waals surface area contributed by atoms with Gasteiger partial charge in [-0.15, -0.1) is 0 Å². The molecular weight excluding hydrogens is 228 g/mol. The predicted octanol–water partition coefficient (Wildman–Crippen LogP) is 1.68. The molecule has 0 saturated carbocycles. The highest BCUT2D eigenvalue weighted by atomic mass is 16.5. The first kappa shape index (κ1) is 11.5. The van der Waals surface area contributed by atoms with Crippen LogP contribution in [0.15, 0.2) is 18.2 Å². The average Bonchev–Trinajstić information content (AvgIpc) is 2.93. The van der Waals surface area contributed by atoms with E-state index in [1.54, 1.807) is 0 Å². The minimum Gasteiger partial charge on any atom is -0.399 e. The molecule has 96 valence electrons. The second-order valence-electron chi connectivity index (χ2n) is 5.24. The number of ether oxygens (including phenoxy) is 1. The molecule has 2 N–H and O–H groups in total. The Kier molecular flexibility index (Phi) is 2.74. The van der Waals surface area contributed by atoms with Crippen molar-refractivity contribution in [3.63, 3.8) is 0 Å². The van der Waals surface area contributed by atoms with E-state index in [9.17, 15) is 4.79 Å². The van der Waals surface area contributed by atoms with Crippen LogP contribution in [0.1, 0.15) is 30.9 Å². The van der Waals surface area contributed by atoms with E-state index in [2.05, 4.69) is 0 Å². The van der Waals surface area contributed by atoms with Crippen molar-refractivity contribution in [3.8, 4) is 0 Å². The van der Waals surface area contributed by atoms with Crippen molar-refractivity contribution in [2.45, 2.75) is 45.1 Å². The number of rotatable bonds is 1. The zero-order chi connectivity index (χ0) is 12.7. The van der Waals surface area contributed by atoms with Crippen molar-refractivity contribution in [1.82, 2.24) is 4.90 Å². The second-order valence-corrected chi connectivity index (χ2v) is 5.24. The minimum absolute atomic E-state index is 0.120. The van der Waals surface area contributed by atoms with Gasteiger partial charge in [0.1, 0.15) is 6.10 Å². The quantitative estimate of drug-likeness (QED) is 0.767. The summed E-state index contributed by atoms with van der Waals surface area (Å²) < 4.78 is 5.64. The van der Waals surface area contributed by atoms with Crippen LogP contribution in [0.25, 0.3) is 0 Å². The first-order valence-corrected chi connectivity index (χ1v) is 6.45. The molecule has 2 atom stereocenters. The third kappa shape index (κ3) is 1.97. The van der Waals surface area contributed by atoms with Gasteiger partial charge in [-0.1, -0.05) is 6.07 Å². The summed E-state index contributed by atoms with van der Waals surface area (Å²) in [5.74, 6) is 0.120. The van der Waals surface area contributed by atoms with E-state index in [-0.39, 0.29) is 18.1 Å². The van der Waals surface area contributed by atoms with Crippen molar-refractivity contribution in [1.29, 1.82) is 0 Å². The normalized spacial score (nSPS) is 26.4. The average molecular weight is 246 g/mol. The summed E-state index contributed by atoms with van der Waals surface area (Å²) in [6.07, 6.45) is 1.78. The lowest BCUT2D eigenvalue weighted by atomic mass is 10.1. The number of nitrogens with zero attached hydrogens (tertiary/aromatic N) is 1. The highest BCUT2D eigenvalue weighted by molar-refractivity contribution is 5.82. The molecule has 0 radical (unpaired) electrons. The fraction of sp³-hybridized carbons (Fsp3) is 0.500. The molecule has 0 aromatic heterocycles. The first-order valence-electron chi connectivity index (χ1n) is 6.45. The van der Waals surface area contributed by atoms with Crippen LogP contribution in [0, 0.1) is 0 Å². The molecule has 1 saturated heterocycles. The molecule has 1 aromatic carbocycles. The van der Waals surface area contributed by atoms with Crippen LogP contribution in [-0.2, 0) is 22.6 Å². The van der Waals surface area contributed by atoms with E-state index in [0.29, 0.717) is 13.1 Å². The fourth-order valence-electron chi connectivity index (χ4n) is 2.76. The van der Waals surface area contributed by atoms with Crippen molar-refractivity contribution in [3.05, 3.63) is 29.3 Å². The molecule has 2 heterocycles. The number of nitrogens with two attached hydrogens (primary N) is 1. The van der Waals surface area contributed by atoms with Crippen LogP contribution in [-0.4, -0.2) is 23.0 Å². The number of nitrogen functional groups attached to an aromatic ring is 1. The third-order valence-corrected chi connectivity index (χ3v) is 3.77. The number of hydrogen-bond donors (Lipinski definition) is 1. The number of carbonyl (C=O) groups excluding carboxylic acids is 1. The Hall–Kier alpha value is -1.55. The molecule has 1 fully saturated rings. The Morgan fingerprint density at radius 1 is 1.33 bits per heavy atom. The van der Waals surface area contributed by atoms with E-state index in [0.717, 1.165) is 24.1 Å². The standard InChI is InChI=1S/C14H18N2O2/c1-9-2-5-13(18-9)14(17)16-7-10-3-4-12(15)6-11(10)8-16/h3-4,6,9,13H,2,5,7-8,15H2,1H3. The molecule has 0 spiro atoms. The highest BCUT2D eigenvalue weighted by Gasteiger charge is 2.33. The van der Waals surface area contributed by atoms with Gasteiger partial charge in [-0.05, 0) is 43.0 Å². The number of carbonyl (C=O) groups is 1. The zero-order valence-corrected chi connectivity index (χ0v) is 10.6. The van der Waals surface area contributed by atoms with E-state index >= 15 is 0 Å². The van der Waals surface area contributed by atoms with E-state index < -0.39 is 0 Å². The predicted molar refractivity (Wildman–Crippen MR) is 68.7 cm³/mol. The molecule has 0 bridgehead atoms. The summed E-state index contributed by atoms with van der Waals surface area (Å²) in [6, 6.07) is 5.86. The molecule has 2 unspecified atom stereocenters. The Morgan fingerprint density at radius 2 is 2.11 bits per heavy atom. The van der Waals surface area contributed by atoms with Crippen LogP contribution < -0.4 is 5.73 Å². The van der Waals surface area contributed by atoms with Crippen LogP contribution in [0.4, 0.5) is 5.69 Å². The van der Waals surface area contributed by atoms with Crippen LogP contribution in [0.2, 0.25) is 0 Å². The van der Waals surface area contributed by atoms with E-state index in [1.807, 2.05) is 30.0 Å². The number of anilines is 1. The number of benzene rings is 1. The molecule has 18 heavy (non-hydrogen) atoms. The van der Waals surface area contributed by atoms with Gasteiger partial charge in [-0.2, -0.15) is 0 Å². The van der Waals surface area contributed by atoms with Gasteiger partial charge in [0, 0.05) is 18.8 Å². The van der Waals surface area contributed by atoms with Crippen molar-refractivity contribution >= 4 is 11.6 Å². The summed E-state index contributed by atoms with van der Waals surface area (Å²) in [4.78, 5) is 14.2. The lowest BCUT2D eigenvalue weighted by Gasteiger charge is -2.19. The van der Waals surface area contributed by atoms with Crippen molar-refractivity contribution in [2.24, 2.45) is 0 Å². The van der Waals surface area contributed by atoms with Gasteiger partial charge >= 0.3 is 0 Å². The Labute approximate surface area is 107 Å². The number of fused-ring (bicyclic) bond motifs is 1. The summed E-state index contributed by atoms with van der Waals surface area (Å²) in [6.45, 7) is 3.36. The smallest absolute Gasteiger partial charge is 0.252 e. The lowest BCUT2D eigenvalue weighted by Crippen LogP contribution is -2.35. The van der Waals surface area contributed by atoms with Crippen LogP contribution in [0.5, 0.6) is 0 Å². The zero-order valence-electron chi connectivity index (χ0n) is 10.6. The van der Waals surface area contributed by atoms with Gasteiger partial charge in [-0.25, -0.2) is 0 Å². The molecule has 1 aromatic rings. The van der Waals surface area contributed by atoms with Gasteiger partial charge < -0.3 is 15.4 Å². The largest absolute Gasteiger partial charge is 0.399 e. The first-order chi connectivity index (χ1) is 8.63. The highest BCUT2D eigenvalue weighted by Crippen LogP contribution is 2.28. The molecule has 4 nitrogen and oxygen atoms in total.